The normalized spacial score (nSPS) is 12.8. The van der Waals surface area contributed by atoms with Gasteiger partial charge >= 0.3 is 0 Å². The predicted molar refractivity (Wildman–Crippen MR) is 88.9 cm³/mol. The van der Waals surface area contributed by atoms with Crippen LogP contribution in [0, 0.1) is 0 Å². The quantitative estimate of drug-likeness (QED) is 0.887. The SMILES string of the molecule is COc1ccc(CN2CCc3ccccc32)cc1OCC(N)=O. The number of anilines is 1. The minimum absolute atomic E-state index is 0.160. The molecule has 3 rings (SSSR count). The lowest BCUT2D eigenvalue weighted by molar-refractivity contribution is -0.119. The van der Waals surface area contributed by atoms with Crippen LogP contribution in [0.25, 0.3) is 0 Å². The monoisotopic (exact) mass is 312 g/mol. The van der Waals surface area contributed by atoms with E-state index >= 15 is 0 Å². The summed E-state index contributed by atoms with van der Waals surface area (Å²) >= 11 is 0. The van der Waals surface area contributed by atoms with Crippen LogP contribution in [0.15, 0.2) is 42.5 Å². The number of ether oxygens (including phenoxy) is 2. The van der Waals surface area contributed by atoms with Crippen molar-refractivity contribution in [3.05, 3.63) is 53.6 Å². The Hall–Kier alpha value is -2.69. The van der Waals surface area contributed by atoms with E-state index in [-0.39, 0.29) is 6.61 Å². The van der Waals surface area contributed by atoms with Gasteiger partial charge in [0.05, 0.1) is 7.11 Å². The molecule has 1 aliphatic heterocycles. The van der Waals surface area contributed by atoms with Crippen LogP contribution in [0.1, 0.15) is 11.1 Å². The van der Waals surface area contributed by atoms with Crippen molar-refractivity contribution >= 4 is 11.6 Å². The first-order chi connectivity index (χ1) is 11.2. The van der Waals surface area contributed by atoms with Crippen molar-refractivity contribution < 1.29 is 14.3 Å². The Morgan fingerprint density at radius 1 is 1.22 bits per heavy atom. The summed E-state index contributed by atoms with van der Waals surface area (Å²) in [6.07, 6.45) is 1.07. The molecule has 2 aromatic rings. The third-order valence-corrected chi connectivity index (χ3v) is 3.95. The average molecular weight is 312 g/mol. The second kappa shape index (κ2) is 6.60. The maximum absolute atomic E-state index is 10.9. The number of nitrogens with zero attached hydrogens (tertiary/aromatic N) is 1. The van der Waals surface area contributed by atoms with Gasteiger partial charge in [0.1, 0.15) is 0 Å². The van der Waals surface area contributed by atoms with E-state index in [1.165, 1.54) is 11.3 Å². The number of hydrogen-bond acceptors (Lipinski definition) is 4. The molecule has 0 radical (unpaired) electrons. The lowest BCUT2D eigenvalue weighted by Gasteiger charge is -2.20. The van der Waals surface area contributed by atoms with Crippen molar-refractivity contribution in [2.24, 2.45) is 5.73 Å². The topological polar surface area (TPSA) is 64.8 Å². The van der Waals surface area contributed by atoms with E-state index in [1.54, 1.807) is 7.11 Å². The number of amides is 1. The highest BCUT2D eigenvalue weighted by atomic mass is 16.5. The highest BCUT2D eigenvalue weighted by Crippen LogP contribution is 2.32. The maximum atomic E-state index is 10.9. The van der Waals surface area contributed by atoms with Crippen molar-refractivity contribution in [3.63, 3.8) is 0 Å². The fourth-order valence-corrected chi connectivity index (χ4v) is 2.87. The van der Waals surface area contributed by atoms with Crippen molar-refractivity contribution in [3.8, 4) is 11.5 Å². The van der Waals surface area contributed by atoms with Crippen LogP contribution >= 0.6 is 0 Å². The smallest absolute Gasteiger partial charge is 0.255 e. The Labute approximate surface area is 135 Å². The average Bonchev–Trinajstić information content (AvgIpc) is 2.96. The van der Waals surface area contributed by atoms with Gasteiger partial charge in [-0.25, -0.2) is 0 Å². The minimum Gasteiger partial charge on any atom is -0.493 e. The summed E-state index contributed by atoms with van der Waals surface area (Å²) < 4.78 is 10.7. The number of carbonyl (C=O) groups is 1. The van der Waals surface area contributed by atoms with Gasteiger partial charge in [-0.1, -0.05) is 24.3 Å². The molecule has 0 bridgehead atoms. The summed E-state index contributed by atoms with van der Waals surface area (Å²) in [7, 11) is 1.57. The number of methoxy groups -OCH3 is 1. The molecule has 0 saturated heterocycles. The van der Waals surface area contributed by atoms with Gasteiger partial charge in [0.2, 0.25) is 0 Å². The first kappa shape index (κ1) is 15.2. The number of fused-ring (bicyclic) bond motifs is 1. The van der Waals surface area contributed by atoms with Crippen molar-refractivity contribution in [2.45, 2.75) is 13.0 Å². The van der Waals surface area contributed by atoms with Gasteiger partial charge in [-0.15, -0.1) is 0 Å². The molecule has 5 nitrogen and oxygen atoms in total. The maximum Gasteiger partial charge on any atom is 0.255 e. The van der Waals surface area contributed by atoms with Crippen LogP contribution in [0.2, 0.25) is 0 Å². The lowest BCUT2D eigenvalue weighted by Crippen LogP contribution is -2.21. The van der Waals surface area contributed by atoms with Gasteiger partial charge in [0, 0.05) is 18.8 Å². The number of primary amides is 1. The van der Waals surface area contributed by atoms with Crippen molar-refractivity contribution in [1.82, 2.24) is 0 Å². The van der Waals surface area contributed by atoms with Crippen LogP contribution in [0.5, 0.6) is 11.5 Å². The van der Waals surface area contributed by atoms with Gasteiger partial charge in [0.25, 0.3) is 5.91 Å². The summed E-state index contributed by atoms with van der Waals surface area (Å²) in [5.41, 5.74) is 8.90. The fourth-order valence-electron chi connectivity index (χ4n) is 2.87. The summed E-state index contributed by atoms with van der Waals surface area (Å²) in [5.74, 6) is 0.624. The van der Waals surface area contributed by atoms with Crippen molar-refractivity contribution in [2.75, 3.05) is 25.2 Å². The van der Waals surface area contributed by atoms with E-state index in [2.05, 4.69) is 29.2 Å². The number of para-hydroxylation sites is 1. The van der Waals surface area contributed by atoms with Crippen molar-refractivity contribution in [1.29, 1.82) is 0 Å². The van der Waals surface area contributed by atoms with Gasteiger partial charge in [0.15, 0.2) is 18.1 Å². The highest BCUT2D eigenvalue weighted by molar-refractivity contribution is 5.75. The zero-order valence-electron chi connectivity index (χ0n) is 13.1. The molecule has 2 N–H and O–H groups in total. The molecule has 5 heteroatoms. The van der Waals surface area contributed by atoms with Crippen LogP contribution < -0.4 is 20.1 Å². The predicted octanol–water partition coefficient (Wildman–Crippen LogP) is 2.12. The van der Waals surface area contributed by atoms with E-state index < -0.39 is 5.91 Å². The van der Waals surface area contributed by atoms with Gasteiger partial charge in [-0.05, 0) is 35.7 Å². The Morgan fingerprint density at radius 3 is 2.83 bits per heavy atom. The second-order valence-corrected chi connectivity index (χ2v) is 5.54. The number of benzene rings is 2. The van der Waals surface area contributed by atoms with Crippen LogP contribution in [0.4, 0.5) is 5.69 Å². The van der Waals surface area contributed by atoms with E-state index in [1.807, 2.05) is 18.2 Å². The summed E-state index contributed by atoms with van der Waals surface area (Å²) in [6, 6.07) is 14.2. The first-order valence-electron chi connectivity index (χ1n) is 7.58. The summed E-state index contributed by atoms with van der Waals surface area (Å²) in [6.45, 7) is 1.63. The molecule has 1 amide bonds. The third-order valence-electron chi connectivity index (χ3n) is 3.95. The molecule has 0 aromatic heterocycles. The second-order valence-electron chi connectivity index (χ2n) is 5.54. The zero-order chi connectivity index (χ0) is 16.2. The van der Waals surface area contributed by atoms with Gasteiger partial charge < -0.3 is 20.1 Å². The van der Waals surface area contributed by atoms with Crippen LogP contribution in [-0.4, -0.2) is 26.2 Å². The zero-order valence-corrected chi connectivity index (χ0v) is 13.1. The van der Waals surface area contributed by atoms with Gasteiger partial charge in [-0.3, -0.25) is 4.79 Å². The van der Waals surface area contributed by atoms with E-state index in [0.717, 1.165) is 25.1 Å². The fraction of sp³-hybridized carbons (Fsp3) is 0.278. The van der Waals surface area contributed by atoms with E-state index in [0.29, 0.717) is 11.5 Å². The highest BCUT2D eigenvalue weighted by Gasteiger charge is 2.19. The molecule has 0 spiro atoms. The standard InChI is InChI=1S/C18H20N2O3/c1-22-16-7-6-13(10-17(16)23-12-18(19)21)11-20-9-8-14-4-2-3-5-15(14)20/h2-7,10H,8-9,11-12H2,1H3,(H2,19,21). The van der Waals surface area contributed by atoms with E-state index in [4.69, 9.17) is 15.2 Å². The van der Waals surface area contributed by atoms with Gasteiger partial charge in [-0.2, -0.15) is 0 Å². The minimum atomic E-state index is -0.508. The molecular formula is C18H20N2O3. The first-order valence-corrected chi connectivity index (χ1v) is 7.58. The Morgan fingerprint density at radius 2 is 2.04 bits per heavy atom. The molecule has 0 aliphatic carbocycles. The molecule has 120 valence electrons. The molecule has 0 atom stereocenters. The molecule has 0 unspecified atom stereocenters. The Bertz CT molecular complexity index is 715. The molecule has 1 heterocycles. The Kier molecular flexibility index (Phi) is 4.37. The molecule has 1 aliphatic rings. The number of carbonyl (C=O) groups excluding carboxylic acids is 1. The molecular weight excluding hydrogens is 292 g/mol. The number of rotatable bonds is 6. The van der Waals surface area contributed by atoms with Crippen LogP contribution in [0.3, 0.4) is 0 Å². The molecule has 23 heavy (non-hydrogen) atoms. The molecule has 0 fully saturated rings. The third kappa shape index (κ3) is 3.39. The van der Waals surface area contributed by atoms with Crippen LogP contribution in [-0.2, 0) is 17.8 Å². The summed E-state index contributed by atoms with van der Waals surface area (Å²) in [5, 5.41) is 0. The number of hydrogen-bond donors (Lipinski definition) is 1. The largest absolute Gasteiger partial charge is 0.493 e. The molecule has 0 saturated carbocycles. The van der Waals surface area contributed by atoms with E-state index in [9.17, 15) is 4.79 Å². The lowest BCUT2D eigenvalue weighted by atomic mass is 10.1. The summed E-state index contributed by atoms with van der Waals surface area (Å²) in [4.78, 5) is 13.3. The molecule has 2 aromatic carbocycles. The Balaban J connectivity index is 1.78. The number of nitrogens with two attached hydrogens (primary N) is 1.